The predicted octanol–water partition coefficient (Wildman–Crippen LogP) is 4.43. The van der Waals surface area contributed by atoms with Crippen molar-refractivity contribution in [1.82, 2.24) is 15.1 Å². The van der Waals surface area contributed by atoms with Crippen molar-refractivity contribution in [3.8, 4) is 0 Å². The maximum absolute atomic E-state index is 12.5. The smallest absolute Gasteiger partial charge is 0.239 e. The van der Waals surface area contributed by atoms with Gasteiger partial charge in [-0.1, -0.05) is 62.4 Å². The molecule has 2 saturated carbocycles. The van der Waals surface area contributed by atoms with Crippen LogP contribution in [-0.4, -0.2) is 28.8 Å². The second-order valence-electron chi connectivity index (χ2n) is 8.46. The van der Waals surface area contributed by atoms with Gasteiger partial charge in [0, 0.05) is 18.0 Å². The lowest BCUT2D eigenvalue weighted by Gasteiger charge is -2.38. The van der Waals surface area contributed by atoms with E-state index in [-0.39, 0.29) is 11.3 Å². The minimum absolute atomic E-state index is 0.0127. The topological polar surface area (TPSA) is 59.0 Å². The number of benzene rings is 1. The van der Waals surface area contributed by atoms with Gasteiger partial charge in [-0.2, -0.15) is 5.10 Å². The number of aromatic nitrogens is 2. The van der Waals surface area contributed by atoms with E-state index in [2.05, 4.69) is 46.1 Å². The largest absolute Gasteiger partial charge is 0.310 e. The summed E-state index contributed by atoms with van der Waals surface area (Å²) in [5, 5.41) is 10.9. The molecule has 0 aliphatic heterocycles. The molecule has 0 bridgehead atoms. The molecule has 28 heavy (non-hydrogen) atoms. The van der Waals surface area contributed by atoms with Crippen LogP contribution in [0.3, 0.4) is 0 Å². The normalized spacial score (nSPS) is 19.6. The zero-order valence-electron chi connectivity index (χ0n) is 16.7. The number of carbonyl (C=O) groups excluding carboxylic acids is 1. The van der Waals surface area contributed by atoms with E-state index in [9.17, 15) is 4.79 Å². The summed E-state index contributed by atoms with van der Waals surface area (Å²) in [4.78, 5) is 12.5. The Balaban J connectivity index is 1.34. The van der Waals surface area contributed by atoms with Crippen LogP contribution in [0.1, 0.15) is 69.4 Å². The summed E-state index contributed by atoms with van der Waals surface area (Å²) in [5.41, 5.74) is 1.56. The molecule has 0 radical (unpaired) electrons. The molecule has 2 fully saturated rings. The highest BCUT2D eigenvalue weighted by atomic mass is 16.2. The van der Waals surface area contributed by atoms with Crippen molar-refractivity contribution in [3.63, 3.8) is 0 Å². The van der Waals surface area contributed by atoms with E-state index in [1.165, 1.54) is 50.5 Å². The number of nitrogens with one attached hydrogen (secondary N) is 2. The van der Waals surface area contributed by atoms with Crippen molar-refractivity contribution in [2.45, 2.75) is 69.2 Å². The molecular weight excluding hydrogens is 348 g/mol. The van der Waals surface area contributed by atoms with Gasteiger partial charge in [0.15, 0.2) is 0 Å². The first-order valence-corrected chi connectivity index (χ1v) is 10.9. The predicted molar refractivity (Wildman–Crippen MR) is 112 cm³/mol. The van der Waals surface area contributed by atoms with Crippen LogP contribution in [0.2, 0.25) is 0 Å². The number of amides is 1. The Kier molecular flexibility index (Phi) is 6.10. The lowest BCUT2D eigenvalue weighted by Crippen LogP contribution is -2.42. The third kappa shape index (κ3) is 4.30. The average Bonchev–Trinajstić information content (AvgIpc) is 3.41. The zero-order chi connectivity index (χ0) is 19.2. The second kappa shape index (κ2) is 8.91. The zero-order valence-corrected chi connectivity index (χ0v) is 16.7. The van der Waals surface area contributed by atoms with E-state index >= 15 is 0 Å². The third-order valence-corrected chi connectivity index (χ3v) is 6.55. The molecule has 2 aliphatic rings. The molecule has 0 unspecified atom stereocenters. The number of rotatable bonds is 7. The number of hydrogen-bond donors (Lipinski definition) is 2. The maximum Gasteiger partial charge on any atom is 0.239 e. The highest BCUT2D eigenvalue weighted by Crippen LogP contribution is 2.38. The minimum Gasteiger partial charge on any atom is -0.310 e. The third-order valence-electron chi connectivity index (χ3n) is 6.55. The lowest BCUT2D eigenvalue weighted by atomic mass is 9.69. The Bertz CT molecular complexity index is 758. The lowest BCUT2D eigenvalue weighted by molar-refractivity contribution is -0.115. The van der Waals surface area contributed by atoms with Crippen LogP contribution in [0.5, 0.6) is 0 Å². The molecule has 0 atom stereocenters. The van der Waals surface area contributed by atoms with Gasteiger partial charge in [0.2, 0.25) is 5.91 Å². The quantitative estimate of drug-likeness (QED) is 0.747. The fourth-order valence-electron chi connectivity index (χ4n) is 5.04. The van der Waals surface area contributed by atoms with Crippen molar-refractivity contribution in [1.29, 1.82) is 0 Å². The molecule has 0 saturated heterocycles. The molecule has 2 aliphatic carbocycles. The van der Waals surface area contributed by atoms with Gasteiger partial charge in [-0.05, 0) is 31.2 Å². The fourth-order valence-corrected chi connectivity index (χ4v) is 5.04. The van der Waals surface area contributed by atoms with Gasteiger partial charge in [-0.3, -0.25) is 4.79 Å². The molecule has 5 nitrogen and oxygen atoms in total. The summed E-state index contributed by atoms with van der Waals surface area (Å²) < 4.78 is 2.00. The first-order chi connectivity index (χ1) is 13.8. The number of carbonyl (C=O) groups is 1. The maximum atomic E-state index is 12.5. The summed E-state index contributed by atoms with van der Waals surface area (Å²) >= 11 is 0. The van der Waals surface area contributed by atoms with Gasteiger partial charge in [-0.15, -0.1) is 0 Å². The van der Waals surface area contributed by atoms with Crippen molar-refractivity contribution < 1.29 is 4.79 Å². The molecule has 150 valence electrons. The molecule has 2 N–H and O–H groups in total. The Hall–Kier alpha value is -2.14. The Morgan fingerprint density at radius 1 is 1.04 bits per heavy atom. The van der Waals surface area contributed by atoms with Gasteiger partial charge < -0.3 is 10.6 Å². The van der Waals surface area contributed by atoms with Gasteiger partial charge in [0.1, 0.15) is 5.82 Å². The van der Waals surface area contributed by atoms with Crippen molar-refractivity contribution in [2.75, 3.05) is 18.4 Å². The molecule has 0 spiro atoms. The van der Waals surface area contributed by atoms with Crippen LogP contribution < -0.4 is 10.6 Å². The van der Waals surface area contributed by atoms with Crippen molar-refractivity contribution in [3.05, 3.63) is 48.2 Å². The highest BCUT2D eigenvalue weighted by molar-refractivity contribution is 5.91. The van der Waals surface area contributed by atoms with Crippen molar-refractivity contribution >= 4 is 11.7 Å². The first kappa shape index (κ1) is 19.2. The molecule has 1 amide bonds. The Morgan fingerprint density at radius 2 is 1.79 bits per heavy atom. The van der Waals surface area contributed by atoms with Crippen molar-refractivity contribution in [2.24, 2.45) is 0 Å². The fraction of sp³-hybridized carbons (Fsp3) is 0.565. The molecule has 1 heterocycles. The Labute approximate surface area is 167 Å². The van der Waals surface area contributed by atoms with Gasteiger partial charge >= 0.3 is 0 Å². The van der Waals surface area contributed by atoms with E-state index < -0.39 is 0 Å². The van der Waals surface area contributed by atoms with Crippen LogP contribution in [-0.2, 0) is 10.2 Å². The van der Waals surface area contributed by atoms with E-state index in [0.717, 1.165) is 25.2 Å². The van der Waals surface area contributed by atoms with Crippen LogP contribution in [0.4, 0.5) is 5.82 Å². The summed E-state index contributed by atoms with van der Waals surface area (Å²) in [6, 6.07) is 13.2. The first-order valence-electron chi connectivity index (χ1n) is 10.9. The van der Waals surface area contributed by atoms with E-state index in [1.807, 2.05) is 10.7 Å². The van der Waals surface area contributed by atoms with Crippen LogP contribution in [0.25, 0.3) is 0 Å². The van der Waals surface area contributed by atoms with E-state index in [4.69, 9.17) is 0 Å². The number of anilines is 1. The van der Waals surface area contributed by atoms with E-state index in [0.29, 0.717) is 12.6 Å². The summed E-state index contributed by atoms with van der Waals surface area (Å²) in [5.74, 6) is 0.841. The van der Waals surface area contributed by atoms with Gasteiger partial charge in [-0.25, -0.2) is 4.68 Å². The monoisotopic (exact) mass is 380 g/mol. The summed E-state index contributed by atoms with van der Waals surface area (Å²) in [6.07, 6.45) is 12.8. The van der Waals surface area contributed by atoms with Gasteiger partial charge in [0.25, 0.3) is 0 Å². The number of hydrogen-bond acceptors (Lipinski definition) is 3. The molecule has 4 rings (SSSR count). The second-order valence-corrected chi connectivity index (χ2v) is 8.46. The highest BCUT2D eigenvalue weighted by Gasteiger charge is 2.33. The van der Waals surface area contributed by atoms with Crippen LogP contribution in [0.15, 0.2) is 42.6 Å². The molecular formula is C23H32N4O. The molecule has 1 aromatic heterocycles. The number of nitrogens with zero attached hydrogens (tertiary/aromatic N) is 2. The van der Waals surface area contributed by atoms with E-state index in [1.54, 1.807) is 6.20 Å². The van der Waals surface area contributed by atoms with Crippen LogP contribution in [0, 0.1) is 0 Å². The average molecular weight is 381 g/mol. The Morgan fingerprint density at radius 3 is 2.54 bits per heavy atom. The minimum atomic E-state index is 0.0127. The molecule has 5 heteroatoms. The SMILES string of the molecule is O=C(CNCC1(c2ccccc2)CCCCC1)Nc1ccnn1C1CCCC1. The summed E-state index contributed by atoms with van der Waals surface area (Å²) in [6.45, 7) is 1.19. The van der Waals surface area contributed by atoms with Crippen LogP contribution >= 0.6 is 0 Å². The van der Waals surface area contributed by atoms with Gasteiger partial charge in [0.05, 0.1) is 18.8 Å². The molecule has 2 aromatic rings. The summed E-state index contributed by atoms with van der Waals surface area (Å²) in [7, 11) is 0. The standard InChI is InChI=1S/C23H32N4O/c28-22(26-21-13-16-25-27(21)20-11-5-6-12-20)17-24-18-23(14-7-2-8-15-23)19-9-3-1-4-10-19/h1,3-4,9-10,13,16,20,24H,2,5-8,11-12,14-15,17-18H2,(H,26,28). The molecule has 1 aromatic carbocycles.